The van der Waals surface area contributed by atoms with Crippen LogP contribution in [-0.4, -0.2) is 46.5 Å². The summed E-state index contributed by atoms with van der Waals surface area (Å²) in [5, 5.41) is 13.2. The number of rotatable bonds is 7. The van der Waals surface area contributed by atoms with E-state index in [1.165, 1.54) is 0 Å². The first kappa shape index (κ1) is 21.9. The van der Waals surface area contributed by atoms with E-state index in [9.17, 15) is 9.59 Å². The third kappa shape index (κ3) is 4.91. The Labute approximate surface area is 171 Å². The fraction of sp³-hybridized carbons (Fsp3) is 0.450. The summed E-state index contributed by atoms with van der Waals surface area (Å²) in [7, 11) is 0. The number of halogens is 1. The summed E-state index contributed by atoms with van der Waals surface area (Å²) in [6, 6.07) is 7.05. The third-order valence-corrected chi connectivity index (χ3v) is 4.69. The van der Waals surface area contributed by atoms with Crippen molar-refractivity contribution in [1.82, 2.24) is 20.4 Å². The maximum absolute atomic E-state index is 12.6. The van der Waals surface area contributed by atoms with E-state index in [0.717, 1.165) is 50.2 Å². The van der Waals surface area contributed by atoms with E-state index < -0.39 is 0 Å². The lowest BCUT2D eigenvalue weighted by Crippen LogP contribution is -2.32. The van der Waals surface area contributed by atoms with Crippen LogP contribution >= 0.6 is 12.4 Å². The van der Waals surface area contributed by atoms with Crippen LogP contribution < -0.4 is 10.6 Å². The Morgan fingerprint density at radius 3 is 2.46 bits per heavy atom. The second-order valence-electron chi connectivity index (χ2n) is 6.78. The molecule has 1 aromatic carbocycles. The number of hydrogen-bond acceptors (Lipinski definition) is 4. The van der Waals surface area contributed by atoms with Crippen LogP contribution in [0.5, 0.6) is 0 Å². The van der Waals surface area contributed by atoms with Gasteiger partial charge in [-0.1, -0.05) is 13.8 Å². The number of amides is 2. The lowest BCUT2D eigenvalue weighted by atomic mass is 10.1. The minimum absolute atomic E-state index is 0. The van der Waals surface area contributed by atoms with Gasteiger partial charge in [0.15, 0.2) is 5.69 Å². The standard InChI is InChI=1S/C20H27N5O2.ClH/c1-3-11-25(12-4-2)20(27)14-5-7-15(8-6-14)22-19(26)18-16-13-21-10-9-17(16)23-24-18;/h5-8,21H,3-4,9-13H2,1-2H3,(H,22,26)(H,23,24);1H. The van der Waals surface area contributed by atoms with Gasteiger partial charge in [0.25, 0.3) is 11.8 Å². The van der Waals surface area contributed by atoms with Crippen molar-refractivity contribution < 1.29 is 9.59 Å². The van der Waals surface area contributed by atoms with Crippen LogP contribution in [0.4, 0.5) is 5.69 Å². The zero-order valence-electron chi connectivity index (χ0n) is 16.4. The highest BCUT2D eigenvalue weighted by atomic mass is 35.5. The molecule has 0 saturated carbocycles. The second-order valence-corrected chi connectivity index (χ2v) is 6.78. The highest BCUT2D eigenvalue weighted by Crippen LogP contribution is 2.18. The molecule has 0 atom stereocenters. The van der Waals surface area contributed by atoms with E-state index in [0.29, 0.717) is 23.5 Å². The Balaban J connectivity index is 0.00000280. The Hall–Kier alpha value is -2.38. The number of nitrogens with one attached hydrogen (secondary N) is 3. The van der Waals surface area contributed by atoms with E-state index in [-0.39, 0.29) is 24.2 Å². The van der Waals surface area contributed by atoms with Crippen LogP contribution in [0.3, 0.4) is 0 Å². The number of anilines is 1. The van der Waals surface area contributed by atoms with Gasteiger partial charge in [0.2, 0.25) is 0 Å². The Kier molecular flexibility index (Phi) is 8.02. The number of benzene rings is 1. The van der Waals surface area contributed by atoms with Gasteiger partial charge in [-0.2, -0.15) is 5.10 Å². The van der Waals surface area contributed by atoms with Crippen molar-refractivity contribution in [2.45, 2.75) is 39.7 Å². The molecule has 2 aromatic rings. The van der Waals surface area contributed by atoms with E-state index in [1.54, 1.807) is 24.3 Å². The highest BCUT2D eigenvalue weighted by Gasteiger charge is 2.21. The number of hydrogen-bond donors (Lipinski definition) is 3. The van der Waals surface area contributed by atoms with Crippen LogP contribution in [0, 0.1) is 0 Å². The second kappa shape index (κ2) is 10.2. The molecule has 1 aromatic heterocycles. The smallest absolute Gasteiger partial charge is 0.276 e. The highest BCUT2D eigenvalue weighted by molar-refractivity contribution is 6.04. The van der Waals surface area contributed by atoms with E-state index in [2.05, 4.69) is 34.7 Å². The SMILES string of the molecule is CCCN(CCC)C(=O)c1ccc(NC(=O)c2n[nH]c3c2CNCC3)cc1.Cl. The topological polar surface area (TPSA) is 90.1 Å². The minimum atomic E-state index is -0.242. The molecule has 0 radical (unpaired) electrons. The normalized spacial score (nSPS) is 12.6. The van der Waals surface area contributed by atoms with E-state index >= 15 is 0 Å². The molecule has 0 fully saturated rings. The molecule has 2 amide bonds. The van der Waals surface area contributed by atoms with Gasteiger partial charge in [-0.05, 0) is 37.1 Å². The van der Waals surface area contributed by atoms with Crippen molar-refractivity contribution in [1.29, 1.82) is 0 Å². The zero-order chi connectivity index (χ0) is 19.2. The van der Waals surface area contributed by atoms with Crippen LogP contribution in [0.25, 0.3) is 0 Å². The molecule has 1 aliphatic rings. The number of carbonyl (C=O) groups is 2. The maximum atomic E-state index is 12.6. The van der Waals surface area contributed by atoms with E-state index in [1.807, 2.05) is 4.90 Å². The summed E-state index contributed by atoms with van der Waals surface area (Å²) >= 11 is 0. The fourth-order valence-corrected chi connectivity index (χ4v) is 3.34. The maximum Gasteiger partial charge on any atom is 0.276 e. The Morgan fingerprint density at radius 1 is 1.14 bits per heavy atom. The van der Waals surface area contributed by atoms with Crippen molar-refractivity contribution in [2.24, 2.45) is 0 Å². The molecule has 0 bridgehead atoms. The van der Waals surface area contributed by atoms with Crippen LogP contribution in [-0.2, 0) is 13.0 Å². The first-order chi connectivity index (χ1) is 13.1. The molecule has 152 valence electrons. The molecule has 1 aliphatic heterocycles. The molecule has 2 heterocycles. The molecule has 0 aliphatic carbocycles. The van der Waals surface area contributed by atoms with Gasteiger partial charge >= 0.3 is 0 Å². The van der Waals surface area contributed by atoms with Crippen molar-refractivity contribution in [3.8, 4) is 0 Å². The van der Waals surface area contributed by atoms with Gasteiger partial charge < -0.3 is 15.5 Å². The number of aromatic amines is 1. The van der Waals surface area contributed by atoms with Gasteiger partial charge in [-0.3, -0.25) is 14.7 Å². The number of fused-ring (bicyclic) bond motifs is 1. The largest absolute Gasteiger partial charge is 0.339 e. The monoisotopic (exact) mass is 405 g/mol. The molecule has 0 unspecified atom stereocenters. The molecular weight excluding hydrogens is 378 g/mol. The van der Waals surface area contributed by atoms with Gasteiger partial charge in [-0.25, -0.2) is 0 Å². The average molecular weight is 406 g/mol. The lowest BCUT2D eigenvalue weighted by Gasteiger charge is -2.21. The number of carbonyl (C=O) groups excluding carboxylic acids is 2. The number of H-pyrrole nitrogens is 1. The predicted molar refractivity (Wildman–Crippen MR) is 112 cm³/mol. The molecule has 8 heteroatoms. The van der Waals surface area contributed by atoms with Crippen molar-refractivity contribution in [3.05, 3.63) is 46.8 Å². The summed E-state index contributed by atoms with van der Waals surface area (Å²) in [4.78, 5) is 27.0. The van der Waals surface area contributed by atoms with E-state index in [4.69, 9.17) is 0 Å². The molecule has 0 spiro atoms. The molecule has 0 saturated heterocycles. The summed E-state index contributed by atoms with van der Waals surface area (Å²) in [6.07, 6.45) is 2.71. The fourth-order valence-electron chi connectivity index (χ4n) is 3.34. The zero-order valence-corrected chi connectivity index (χ0v) is 17.2. The molecular formula is C20H28ClN5O2. The van der Waals surface area contributed by atoms with Gasteiger partial charge in [0.05, 0.1) is 0 Å². The summed E-state index contributed by atoms with van der Waals surface area (Å²) < 4.78 is 0. The summed E-state index contributed by atoms with van der Waals surface area (Å²) in [6.45, 7) is 7.17. The number of nitrogens with zero attached hydrogens (tertiary/aromatic N) is 2. The van der Waals surface area contributed by atoms with Gasteiger partial charge in [0, 0.05) is 55.1 Å². The quantitative estimate of drug-likeness (QED) is 0.660. The van der Waals surface area contributed by atoms with Gasteiger partial charge in [0.1, 0.15) is 0 Å². The summed E-state index contributed by atoms with van der Waals surface area (Å²) in [5.74, 6) is -0.210. The Bertz CT molecular complexity index is 797. The average Bonchev–Trinajstić information content (AvgIpc) is 3.12. The number of aromatic nitrogens is 2. The van der Waals surface area contributed by atoms with Crippen molar-refractivity contribution in [2.75, 3.05) is 25.0 Å². The minimum Gasteiger partial charge on any atom is -0.339 e. The van der Waals surface area contributed by atoms with Crippen molar-refractivity contribution in [3.63, 3.8) is 0 Å². The first-order valence-corrected chi connectivity index (χ1v) is 9.61. The van der Waals surface area contributed by atoms with Crippen molar-refractivity contribution >= 4 is 29.9 Å². The summed E-state index contributed by atoms with van der Waals surface area (Å²) in [5.41, 5.74) is 3.66. The van der Waals surface area contributed by atoms with Crippen LogP contribution in [0.2, 0.25) is 0 Å². The molecule has 7 nitrogen and oxygen atoms in total. The van der Waals surface area contributed by atoms with Crippen LogP contribution in [0.1, 0.15) is 58.8 Å². The molecule has 3 rings (SSSR count). The van der Waals surface area contributed by atoms with Gasteiger partial charge in [-0.15, -0.1) is 12.4 Å². The predicted octanol–water partition coefficient (Wildman–Crippen LogP) is 2.99. The third-order valence-electron chi connectivity index (χ3n) is 4.69. The lowest BCUT2D eigenvalue weighted by molar-refractivity contribution is 0.0755. The molecule has 28 heavy (non-hydrogen) atoms. The van der Waals surface area contributed by atoms with Crippen LogP contribution in [0.15, 0.2) is 24.3 Å². The molecule has 3 N–H and O–H groups in total. The first-order valence-electron chi connectivity index (χ1n) is 9.61. The Morgan fingerprint density at radius 2 is 1.82 bits per heavy atom.